The van der Waals surface area contributed by atoms with E-state index >= 15 is 0 Å². The summed E-state index contributed by atoms with van der Waals surface area (Å²) in [6.07, 6.45) is 2.93. The standard InChI is InChI=1S/C28H32ClN5O2/c29-22-8-12-24(13-9-22)36-25-14-10-23(11-15-25)32-28(30)33-26(20-21-6-2-1-3-7-21)27(35)31-16-19-34-17-4-5-18-34/h1-3,6-15,26H,4-5,16-20H2,(H,31,35)(H3,30,32,33). The summed E-state index contributed by atoms with van der Waals surface area (Å²) in [5, 5.41) is 18.2. The van der Waals surface area contributed by atoms with Crippen molar-refractivity contribution in [2.45, 2.75) is 25.3 Å². The molecule has 0 spiro atoms. The van der Waals surface area contributed by atoms with Gasteiger partial charge in [-0.05, 0) is 80.0 Å². The zero-order chi connectivity index (χ0) is 25.2. The van der Waals surface area contributed by atoms with Gasteiger partial charge in [-0.15, -0.1) is 0 Å². The first-order valence-electron chi connectivity index (χ1n) is 12.2. The number of nitrogens with zero attached hydrogens (tertiary/aromatic N) is 1. The smallest absolute Gasteiger partial charge is 0.242 e. The number of rotatable bonds is 10. The van der Waals surface area contributed by atoms with E-state index in [1.807, 2.05) is 54.6 Å². The predicted molar refractivity (Wildman–Crippen MR) is 145 cm³/mol. The number of nitrogens with one attached hydrogen (secondary N) is 4. The van der Waals surface area contributed by atoms with Crippen LogP contribution in [0.1, 0.15) is 18.4 Å². The maximum absolute atomic E-state index is 13.0. The van der Waals surface area contributed by atoms with Crippen LogP contribution in [0.2, 0.25) is 5.02 Å². The van der Waals surface area contributed by atoms with Gasteiger partial charge in [-0.2, -0.15) is 0 Å². The third kappa shape index (κ3) is 8.00. The topological polar surface area (TPSA) is 89.5 Å². The number of likely N-dealkylation sites (tertiary alicyclic amines) is 1. The van der Waals surface area contributed by atoms with Gasteiger partial charge in [0.05, 0.1) is 0 Å². The normalized spacial score (nSPS) is 14.1. The number of guanidine groups is 1. The highest BCUT2D eigenvalue weighted by molar-refractivity contribution is 6.30. The highest BCUT2D eigenvalue weighted by Gasteiger charge is 2.20. The van der Waals surface area contributed by atoms with E-state index in [0.29, 0.717) is 35.2 Å². The van der Waals surface area contributed by atoms with Crippen LogP contribution in [-0.4, -0.2) is 49.0 Å². The van der Waals surface area contributed by atoms with Crippen molar-refractivity contribution in [2.75, 3.05) is 31.5 Å². The molecule has 0 saturated carbocycles. The van der Waals surface area contributed by atoms with E-state index in [-0.39, 0.29) is 11.9 Å². The van der Waals surface area contributed by atoms with Crippen LogP contribution in [0.5, 0.6) is 11.5 Å². The third-order valence-electron chi connectivity index (χ3n) is 6.02. The Morgan fingerprint density at radius 2 is 1.58 bits per heavy atom. The summed E-state index contributed by atoms with van der Waals surface area (Å²) < 4.78 is 5.82. The number of benzene rings is 3. The first kappa shape index (κ1) is 25.5. The quantitative estimate of drug-likeness (QED) is 0.233. The van der Waals surface area contributed by atoms with Crippen molar-refractivity contribution in [3.05, 3.63) is 89.4 Å². The van der Waals surface area contributed by atoms with Crippen LogP contribution in [-0.2, 0) is 11.2 Å². The summed E-state index contributed by atoms with van der Waals surface area (Å²) in [6, 6.07) is 23.7. The minimum atomic E-state index is -0.571. The molecule has 1 fully saturated rings. The van der Waals surface area contributed by atoms with Gasteiger partial charge in [-0.1, -0.05) is 41.9 Å². The van der Waals surface area contributed by atoms with Gasteiger partial charge in [0.15, 0.2) is 5.96 Å². The molecule has 4 rings (SSSR count). The highest BCUT2D eigenvalue weighted by atomic mass is 35.5. The van der Waals surface area contributed by atoms with Gasteiger partial charge in [0.1, 0.15) is 17.5 Å². The average Bonchev–Trinajstić information content (AvgIpc) is 3.40. The van der Waals surface area contributed by atoms with Crippen LogP contribution in [0, 0.1) is 5.41 Å². The van der Waals surface area contributed by atoms with E-state index in [0.717, 1.165) is 25.2 Å². The Morgan fingerprint density at radius 3 is 2.25 bits per heavy atom. The number of carbonyl (C=O) groups is 1. The Morgan fingerprint density at radius 1 is 0.944 bits per heavy atom. The van der Waals surface area contributed by atoms with E-state index in [2.05, 4.69) is 20.9 Å². The summed E-state index contributed by atoms with van der Waals surface area (Å²) in [7, 11) is 0. The number of hydrogen-bond donors (Lipinski definition) is 4. The van der Waals surface area contributed by atoms with Crippen LogP contribution in [0.4, 0.5) is 5.69 Å². The zero-order valence-corrected chi connectivity index (χ0v) is 20.9. The lowest BCUT2D eigenvalue weighted by atomic mass is 10.1. The molecule has 8 heteroatoms. The fourth-order valence-corrected chi connectivity index (χ4v) is 4.25. The summed E-state index contributed by atoms with van der Waals surface area (Å²) in [4.78, 5) is 15.4. The molecule has 1 atom stereocenters. The lowest BCUT2D eigenvalue weighted by Gasteiger charge is -2.22. The maximum atomic E-state index is 13.0. The monoisotopic (exact) mass is 505 g/mol. The average molecular weight is 506 g/mol. The van der Waals surface area contributed by atoms with Gasteiger partial charge in [0.25, 0.3) is 0 Å². The fraction of sp³-hybridized carbons (Fsp3) is 0.286. The minimum Gasteiger partial charge on any atom is -0.457 e. The van der Waals surface area contributed by atoms with E-state index in [1.165, 1.54) is 12.8 Å². The Kier molecular flexibility index (Phi) is 9.19. The first-order valence-corrected chi connectivity index (χ1v) is 12.6. The van der Waals surface area contributed by atoms with Crippen LogP contribution in [0.25, 0.3) is 0 Å². The molecule has 3 aromatic rings. The molecule has 7 nitrogen and oxygen atoms in total. The molecule has 1 heterocycles. The molecule has 1 amide bonds. The molecule has 0 aromatic heterocycles. The molecule has 3 aromatic carbocycles. The molecule has 0 bridgehead atoms. The van der Waals surface area contributed by atoms with E-state index in [4.69, 9.17) is 21.7 Å². The second-order valence-electron chi connectivity index (χ2n) is 8.81. The van der Waals surface area contributed by atoms with Crippen molar-refractivity contribution in [3.63, 3.8) is 0 Å². The minimum absolute atomic E-state index is 0.0528. The number of halogens is 1. The van der Waals surface area contributed by atoms with Crippen molar-refractivity contribution >= 4 is 29.2 Å². The van der Waals surface area contributed by atoms with Crippen molar-refractivity contribution in [1.82, 2.24) is 15.5 Å². The number of hydrogen-bond acceptors (Lipinski definition) is 4. The number of amides is 1. The maximum Gasteiger partial charge on any atom is 0.242 e. The van der Waals surface area contributed by atoms with Gasteiger partial charge in [-0.3, -0.25) is 10.2 Å². The van der Waals surface area contributed by atoms with Gasteiger partial charge >= 0.3 is 0 Å². The van der Waals surface area contributed by atoms with Crippen LogP contribution < -0.4 is 20.7 Å². The fourth-order valence-electron chi connectivity index (χ4n) is 4.13. The van der Waals surface area contributed by atoms with E-state index in [9.17, 15) is 4.79 Å². The Labute approximate surface area is 217 Å². The lowest BCUT2D eigenvalue weighted by Crippen LogP contribution is -2.50. The van der Waals surface area contributed by atoms with Gasteiger partial charge in [0.2, 0.25) is 5.91 Å². The molecular formula is C28H32ClN5O2. The zero-order valence-electron chi connectivity index (χ0n) is 20.2. The van der Waals surface area contributed by atoms with Gasteiger partial charge < -0.3 is 25.6 Å². The molecule has 4 N–H and O–H groups in total. The molecule has 0 radical (unpaired) electrons. The largest absolute Gasteiger partial charge is 0.457 e. The number of anilines is 1. The lowest BCUT2D eigenvalue weighted by molar-refractivity contribution is -0.122. The summed E-state index contributed by atoms with van der Waals surface area (Å²) in [5.74, 6) is 1.30. The van der Waals surface area contributed by atoms with Gasteiger partial charge in [0, 0.05) is 30.2 Å². The number of ether oxygens (including phenoxy) is 1. The molecule has 36 heavy (non-hydrogen) atoms. The highest BCUT2D eigenvalue weighted by Crippen LogP contribution is 2.24. The molecular weight excluding hydrogens is 474 g/mol. The Balaban J connectivity index is 1.32. The Hall–Kier alpha value is -3.55. The van der Waals surface area contributed by atoms with Gasteiger partial charge in [-0.25, -0.2) is 0 Å². The molecule has 1 aliphatic heterocycles. The molecule has 1 aliphatic rings. The van der Waals surface area contributed by atoms with Crippen LogP contribution in [0.3, 0.4) is 0 Å². The molecule has 1 saturated heterocycles. The van der Waals surface area contributed by atoms with Crippen molar-refractivity contribution < 1.29 is 9.53 Å². The van der Waals surface area contributed by atoms with Crippen LogP contribution in [0.15, 0.2) is 78.9 Å². The predicted octanol–water partition coefficient (Wildman–Crippen LogP) is 4.89. The van der Waals surface area contributed by atoms with Crippen LogP contribution >= 0.6 is 11.6 Å². The second kappa shape index (κ2) is 13.0. The first-order chi connectivity index (χ1) is 17.5. The summed E-state index contributed by atoms with van der Waals surface area (Å²) in [5.41, 5.74) is 1.74. The third-order valence-corrected chi connectivity index (χ3v) is 6.27. The molecule has 188 valence electrons. The second-order valence-corrected chi connectivity index (χ2v) is 9.24. The SMILES string of the molecule is N=C(Nc1ccc(Oc2ccc(Cl)cc2)cc1)NC(Cc1ccccc1)C(=O)NCCN1CCCC1. The summed E-state index contributed by atoms with van der Waals surface area (Å²) in [6.45, 7) is 3.64. The Bertz CT molecular complexity index is 1120. The van der Waals surface area contributed by atoms with Crippen molar-refractivity contribution in [3.8, 4) is 11.5 Å². The summed E-state index contributed by atoms with van der Waals surface area (Å²) >= 11 is 5.92. The number of carbonyl (C=O) groups excluding carboxylic acids is 1. The van der Waals surface area contributed by atoms with E-state index in [1.54, 1.807) is 24.3 Å². The molecule has 0 aliphatic carbocycles. The van der Waals surface area contributed by atoms with Crippen molar-refractivity contribution in [1.29, 1.82) is 5.41 Å². The molecule has 1 unspecified atom stereocenters. The van der Waals surface area contributed by atoms with E-state index < -0.39 is 6.04 Å². The van der Waals surface area contributed by atoms with Crippen molar-refractivity contribution in [2.24, 2.45) is 0 Å².